The summed E-state index contributed by atoms with van der Waals surface area (Å²) in [5, 5.41) is 0. The number of nitrogens with zero attached hydrogens (tertiary/aromatic N) is 2. The molecule has 0 radical (unpaired) electrons. The molecule has 0 saturated heterocycles. The van der Waals surface area contributed by atoms with Gasteiger partial charge in [-0.3, -0.25) is 0 Å². The van der Waals surface area contributed by atoms with Gasteiger partial charge in [0.05, 0.1) is 11.4 Å². The Morgan fingerprint density at radius 3 is 0.826 bits per heavy atom. The summed E-state index contributed by atoms with van der Waals surface area (Å²) in [6.07, 6.45) is 0. The fourth-order valence-electron chi connectivity index (χ4n) is 6.23. The van der Waals surface area contributed by atoms with Gasteiger partial charge in [0.25, 0.3) is 0 Å². The van der Waals surface area contributed by atoms with Crippen molar-refractivity contribution < 1.29 is 0 Å². The molecule has 5 aromatic rings. The number of anilines is 6. The normalized spacial score (nSPS) is 11.9. The van der Waals surface area contributed by atoms with E-state index in [-0.39, 0.29) is 10.8 Å². The lowest BCUT2D eigenvalue weighted by Crippen LogP contribution is -2.17. The van der Waals surface area contributed by atoms with Gasteiger partial charge in [0, 0.05) is 31.7 Å². The van der Waals surface area contributed by atoms with Gasteiger partial charge in [0.1, 0.15) is 0 Å². The lowest BCUT2D eigenvalue weighted by molar-refractivity contribution is 0.589. The smallest absolute Gasteiger partial charge is 0.0520 e. The molecule has 2 nitrogen and oxygen atoms in total. The van der Waals surface area contributed by atoms with Gasteiger partial charge in [-0.25, -0.2) is 0 Å². The van der Waals surface area contributed by atoms with Crippen LogP contribution in [0.4, 0.5) is 34.1 Å². The van der Waals surface area contributed by atoms with Crippen LogP contribution in [0.5, 0.6) is 0 Å². The van der Waals surface area contributed by atoms with Gasteiger partial charge < -0.3 is 9.80 Å². The Kier molecular flexibility index (Phi) is 9.64. The zero-order valence-electron chi connectivity index (χ0n) is 28.9. The SMILES string of the molecule is Cc1cc(C(C)(C)C)cc(C)c1N(c1ccc(Br)cc1)c1ccc(N(c2ccc(Br)cc2)c2c(C)cc(C(C)(C)C)cc2C)cc1. The van der Waals surface area contributed by atoms with Crippen LogP contribution in [0.3, 0.4) is 0 Å². The second-order valence-corrected chi connectivity index (χ2v) is 16.4. The highest BCUT2D eigenvalue weighted by atomic mass is 79.9. The zero-order chi connectivity index (χ0) is 33.6. The maximum absolute atomic E-state index is 3.64. The summed E-state index contributed by atoms with van der Waals surface area (Å²) in [5.41, 5.74) is 14.8. The molecule has 0 aliphatic heterocycles. The highest BCUT2D eigenvalue weighted by Gasteiger charge is 2.24. The fraction of sp³-hybridized carbons (Fsp3) is 0.286. The van der Waals surface area contributed by atoms with Crippen LogP contribution in [0.15, 0.2) is 106 Å². The van der Waals surface area contributed by atoms with E-state index in [1.54, 1.807) is 0 Å². The summed E-state index contributed by atoms with van der Waals surface area (Å²) in [6, 6.07) is 35.7. The van der Waals surface area contributed by atoms with E-state index in [4.69, 9.17) is 0 Å². The van der Waals surface area contributed by atoms with Crippen molar-refractivity contribution >= 4 is 66.0 Å². The second kappa shape index (κ2) is 13.0. The molecule has 0 aliphatic rings. The number of aryl methyl sites for hydroxylation is 4. The predicted octanol–water partition coefficient (Wildman–Crippen LogP) is 14.0. The molecule has 46 heavy (non-hydrogen) atoms. The van der Waals surface area contributed by atoms with Crippen molar-refractivity contribution in [1.29, 1.82) is 0 Å². The van der Waals surface area contributed by atoms with E-state index in [0.29, 0.717) is 0 Å². The number of hydrogen-bond donors (Lipinski definition) is 0. The second-order valence-electron chi connectivity index (χ2n) is 14.6. The third kappa shape index (κ3) is 7.14. The monoisotopic (exact) mass is 736 g/mol. The van der Waals surface area contributed by atoms with Crippen LogP contribution in [-0.2, 0) is 10.8 Å². The van der Waals surface area contributed by atoms with E-state index in [1.807, 2.05) is 0 Å². The Labute approximate surface area is 293 Å². The van der Waals surface area contributed by atoms with E-state index in [9.17, 15) is 0 Å². The average Bonchev–Trinajstić information content (AvgIpc) is 2.97. The summed E-state index contributed by atoms with van der Waals surface area (Å²) >= 11 is 7.28. The number of halogens is 2. The van der Waals surface area contributed by atoms with Crippen LogP contribution in [0.2, 0.25) is 0 Å². The van der Waals surface area contributed by atoms with Crippen LogP contribution in [-0.4, -0.2) is 0 Å². The molecule has 0 atom stereocenters. The number of rotatable bonds is 6. The Hall–Kier alpha value is -3.34. The molecule has 5 rings (SSSR count). The first-order chi connectivity index (χ1) is 21.5. The summed E-state index contributed by atoms with van der Waals surface area (Å²) in [7, 11) is 0. The van der Waals surface area contributed by atoms with Crippen molar-refractivity contribution in [1.82, 2.24) is 0 Å². The maximum Gasteiger partial charge on any atom is 0.0520 e. The fourth-order valence-corrected chi connectivity index (χ4v) is 6.76. The molecule has 0 spiro atoms. The van der Waals surface area contributed by atoms with Gasteiger partial charge >= 0.3 is 0 Å². The predicted molar refractivity (Wildman–Crippen MR) is 208 cm³/mol. The maximum atomic E-state index is 3.64. The van der Waals surface area contributed by atoms with Gasteiger partial charge in [-0.15, -0.1) is 0 Å². The Morgan fingerprint density at radius 2 is 0.609 bits per heavy atom. The summed E-state index contributed by atoms with van der Waals surface area (Å²) in [4.78, 5) is 4.79. The largest absolute Gasteiger partial charge is 0.310 e. The molecule has 0 heterocycles. The Morgan fingerprint density at radius 1 is 0.391 bits per heavy atom. The van der Waals surface area contributed by atoms with E-state index >= 15 is 0 Å². The molecular weight excluding hydrogens is 692 g/mol. The molecule has 0 aliphatic carbocycles. The molecule has 0 saturated carbocycles. The van der Waals surface area contributed by atoms with E-state index in [0.717, 1.165) is 31.7 Å². The molecule has 238 valence electrons. The first kappa shape index (κ1) is 34.0. The van der Waals surface area contributed by atoms with Crippen molar-refractivity contribution in [2.45, 2.75) is 80.1 Å². The molecule has 4 heteroatoms. The van der Waals surface area contributed by atoms with Crippen molar-refractivity contribution in [2.24, 2.45) is 0 Å². The summed E-state index contributed by atoms with van der Waals surface area (Å²) in [5.74, 6) is 0. The first-order valence-corrected chi connectivity index (χ1v) is 17.6. The topological polar surface area (TPSA) is 6.48 Å². The molecule has 0 bridgehead atoms. The van der Waals surface area contributed by atoms with Crippen LogP contribution < -0.4 is 9.80 Å². The molecular formula is C42H46Br2N2. The zero-order valence-corrected chi connectivity index (χ0v) is 32.1. The van der Waals surface area contributed by atoms with Crippen molar-refractivity contribution in [3.05, 3.63) is 139 Å². The molecule has 0 amide bonds. The minimum absolute atomic E-state index is 0.0793. The minimum Gasteiger partial charge on any atom is -0.310 e. The van der Waals surface area contributed by atoms with Crippen molar-refractivity contribution in [2.75, 3.05) is 9.80 Å². The van der Waals surface area contributed by atoms with Crippen LogP contribution in [0, 0.1) is 27.7 Å². The highest BCUT2D eigenvalue weighted by Crippen LogP contribution is 2.44. The van der Waals surface area contributed by atoms with E-state index < -0.39 is 0 Å². The first-order valence-electron chi connectivity index (χ1n) is 16.0. The van der Waals surface area contributed by atoms with Gasteiger partial charge in [0.2, 0.25) is 0 Å². The summed E-state index contributed by atoms with van der Waals surface area (Å²) in [6.45, 7) is 22.6. The average molecular weight is 739 g/mol. The van der Waals surface area contributed by atoms with Crippen LogP contribution in [0.1, 0.15) is 74.9 Å². The quantitative estimate of drug-likeness (QED) is 0.171. The Balaban J connectivity index is 1.67. The lowest BCUT2D eigenvalue weighted by atomic mass is 9.84. The highest BCUT2D eigenvalue weighted by molar-refractivity contribution is 9.10. The van der Waals surface area contributed by atoms with Crippen molar-refractivity contribution in [3.8, 4) is 0 Å². The number of hydrogen-bond acceptors (Lipinski definition) is 2. The molecule has 0 fully saturated rings. The van der Waals surface area contributed by atoms with Gasteiger partial charge in [-0.05, 0) is 145 Å². The van der Waals surface area contributed by atoms with Gasteiger partial charge in [-0.1, -0.05) is 97.7 Å². The van der Waals surface area contributed by atoms with Gasteiger partial charge in [0.15, 0.2) is 0 Å². The van der Waals surface area contributed by atoms with Gasteiger partial charge in [-0.2, -0.15) is 0 Å². The van der Waals surface area contributed by atoms with Crippen LogP contribution in [0.25, 0.3) is 0 Å². The third-order valence-electron chi connectivity index (χ3n) is 8.70. The molecule has 5 aromatic carbocycles. The number of benzene rings is 5. The van der Waals surface area contributed by atoms with Crippen molar-refractivity contribution in [3.63, 3.8) is 0 Å². The molecule has 0 unspecified atom stereocenters. The van der Waals surface area contributed by atoms with Crippen LogP contribution >= 0.6 is 31.9 Å². The van der Waals surface area contributed by atoms with E-state index in [2.05, 4.69) is 208 Å². The molecule has 0 N–H and O–H groups in total. The molecule has 0 aromatic heterocycles. The van der Waals surface area contributed by atoms with E-state index in [1.165, 1.54) is 44.8 Å². The Bertz CT molecular complexity index is 1660. The standard InChI is InChI=1S/C42H46Br2N2/c1-27-23-31(41(5,6)7)24-28(2)39(27)45(35-15-11-33(43)12-16-35)37-19-21-38(22-20-37)46(36-17-13-34(44)14-18-36)40-29(3)25-32(26-30(40)4)42(8,9)10/h11-26H,1-10H3. The third-order valence-corrected chi connectivity index (χ3v) is 9.75. The summed E-state index contributed by atoms with van der Waals surface area (Å²) < 4.78 is 2.13. The lowest BCUT2D eigenvalue weighted by Gasteiger charge is -2.32. The minimum atomic E-state index is 0.0793.